The van der Waals surface area contributed by atoms with E-state index in [1.807, 2.05) is 38.1 Å². The molecular formula is C13H16N2. The lowest BCUT2D eigenvalue weighted by Gasteiger charge is -2.03. The summed E-state index contributed by atoms with van der Waals surface area (Å²) >= 11 is 0. The van der Waals surface area contributed by atoms with Crippen LogP contribution in [0.3, 0.4) is 0 Å². The molecule has 1 rings (SSSR count). The molecule has 2 nitrogen and oxygen atoms in total. The van der Waals surface area contributed by atoms with Gasteiger partial charge in [0.1, 0.15) is 0 Å². The van der Waals surface area contributed by atoms with Crippen LogP contribution in [-0.4, -0.2) is 17.2 Å². The molecule has 1 aromatic heterocycles. The second-order valence-electron chi connectivity index (χ2n) is 3.12. The molecule has 0 atom stereocenters. The van der Waals surface area contributed by atoms with E-state index in [0.29, 0.717) is 0 Å². The van der Waals surface area contributed by atoms with Crippen LogP contribution < -0.4 is 0 Å². The zero-order valence-corrected chi connectivity index (χ0v) is 9.27. The minimum Gasteiger partial charge on any atom is -0.283 e. The molecule has 0 N–H and O–H groups in total. The molecule has 0 spiro atoms. The van der Waals surface area contributed by atoms with Crippen molar-refractivity contribution in [1.82, 2.24) is 4.98 Å². The van der Waals surface area contributed by atoms with Crippen LogP contribution in [0, 0.1) is 6.92 Å². The Hall–Kier alpha value is -1.70. The molecule has 78 valence electrons. The minimum atomic E-state index is 0.757. The van der Waals surface area contributed by atoms with E-state index in [4.69, 9.17) is 0 Å². The Kier molecular flexibility index (Phi) is 4.48. The molecule has 0 saturated heterocycles. The molecule has 0 bridgehead atoms. The fourth-order valence-corrected chi connectivity index (χ4v) is 1.29. The third-order valence-electron chi connectivity index (χ3n) is 1.97. The number of hydrogen-bond acceptors (Lipinski definition) is 2. The number of aryl methyl sites for hydroxylation is 1. The van der Waals surface area contributed by atoms with Crippen molar-refractivity contribution < 1.29 is 0 Å². The van der Waals surface area contributed by atoms with Gasteiger partial charge < -0.3 is 0 Å². The van der Waals surface area contributed by atoms with Crippen molar-refractivity contribution in [2.75, 3.05) is 6.54 Å². The number of nitrogens with zero attached hydrogens (tertiary/aromatic N) is 2. The normalized spacial score (nSPS) is 12.0. The second kappa shape index (κ2) is 5.91. The Morgan fingerprint density at radius 3 is 3.00 bits per heavy atom. The van der Waals surface area contributed by atoms with Gasteiger partial charge in [0.05, 0.1) is 11.4 Å². The molecule has 1 aromatic rings. The molecule has 1 heterocycles. The maximum absolute atomic E-state index is 4.41. The highest BCUT2D eigenvalue weighted by atomic mass is 14.8. The van der Waals surface area contributed by atoms with Crippen molar-refractivity contribution in [2.24, 2.45) is 4.99 Å². The molecule has 0 aromatic carbocycles. The fraction of sp³-hybridized carbons (Fsp3) is 0.231. The topological polar surface area (TPSA) is 25.2 Å². The highest BCUT2D eigenvalue weighted by molar-refractivity contribution is 6.08. The molecule has 15 heavy (non-hydrogen) atoms. The lowest BCUT2D eigenvalue weighted by Crippen LogP contribution is -2.03. The zero-order valence-electron chi connectivity index (χ0n) is 9.27. The molecule has 0 radical (unpaired) electrons. The molecule has 0 aliphatic carbocycles. The number of aromatic nitrogens is 1. The third kappa shape index (κ3) is 3.17. The van der Waals surface area contributed by atoms with Crippen LogP contribution in [-0.2, 0) is 0 Å². The Morgan fingerprint density at radius 1 is 1.60 bits per heavy atom. The Labute approximate surface area is 91.1 Å². The summed E-state index contributed by atoms with van der Waals surface area (Å²) in [4.78, 5) is 8.75. The molecule has 0 aliphatic heterocycles. The molecule has 0 amide bonds. The van der Waals surface area contributed by atoms with Crippen LogP contribution in [0.25, 0.3) is 0 Å². The van der Waals surface area contributed by atoms with E-state index in [1.54, 1.807) is 12.3 Å². The van der Waals surface area contributed by atoms with Gasteiger partial charge in [-0.05, 0) is 31.6 Å². The SMILES string of the molecule is C=C/C=C\C(=NCC)c1ncccc1C. The van der Waals surface area contributed by atoms with Crippen molar-refractivity contribution in [3.05, 3.63) is 54.4 Å². The summed E-state index contributed by atoms with van der Waals surface area (Å²) in [5.74, 6) is 0. The van der Waals surface area contributed by atoms with E-state index in [1.165, 1.54) is 0 Å². The van der Waals surface area contributed by atoms with Gasteiger partial charge in [0.2, 0.25) is 0 Å². The van der Waals surface area contributed by atoms with Crippen LogP contribution in [0.5, 0.6) is 0 Å². The van der Waals surface area contributed by atoms with Crippen LogP contribution in [0.2, 0.25) is 0 Å². The third-order valence-corrected chi connectivity index (χ3v) is 1.97. The van der Waals surface area contributed by atoms with Gasteiger partial charge in [-0.1, -0.05) is 24.8 Å². The number of hydrogen-bond donors (Lipinski definition) is 0. The van der Waals surface area contributed by atoms with E-state index in [-0.39, 0.29) is 0 Å². The van der Waals surface area contributed by atoms with Crippen LogP contribution >= 0.6 is 0 Å². The second-order valence-corrected chi connectivity index (χ2v) is 3.12. The molecule has 0 aliphatic rings. The van der Waals surface area contributed by atoms with E-state index in [0.717, 1.165) is 23.5 Å². The summed E-state index contributed by atoms with van der Waals surface area (Å²) in [5.41, 5.74) is 2.99. The van der Waals surface area contributed by atoms with E-state index in [9.17, 15) is 0 Å². The van der Waals surface area contributed by atoms with Gasteiger partial charge in [-0.25, -0.2) is 0 Å². The van der Waals surface area contributed by atoms with Gasteiger partial charge in [0.15, 0.2) is 0 Å². The average Bonchev–Trinajstić information content (AvgIpc) is 2.25. The van der Waals surface area contributed by atoms with Gasteiger partial charge in [-0.15, -0.1) is 0 Å². The van der Waals surface area contributed by atoms with Gasteiger partial charge in [0.25, 0.3) is 0 Å². The number of rotatable bonds is 4. The number of allylic oxidation sites excluding steroid dienone is 3. The minimum absolute atomic E-state index is 0.757. The van der Waals surface area contributed by atoms with Gasteiger partial charge in [-0.2, -0.15) is 0 Å². The molecule has 0 fully saturated rings. The van der Waals surface area contributed by atoms with E-state index >= 15 is 0 Å². The summed E-state index contributed by atoms with van der Waals surface area (Å²) in [6.45, 7) is 8.45. The standard InChI is InChI=1S/C13H16N2/c1-4-6-9-12(14-5-2)13-11(3)8-7-10-15-13/h4,6-10H,1,5H2,2-3H3/b9-6-,14-12?. The first kappa shape index (κ1) is 11.4. The zero-order chi connectivity index (χ0) is 11.1. The predicted molar refractivity (Wildman–Crippen MR) is 65.4 cm³/mol. The van der Waals surface area contributed by atoms with E-state index < -0.39 is 0 Å². The summed E-state index contributed by atoms with van der Waals surface area (Å²) in [6.07, 6.45) is 7.34. The molecular weight excluding hydrogens is 184 g/mol. The van der Waals surface area contributed by atoms with Crippen molar-refractivity contribution in [3.63, 3.8) is 0 Å². The average molecular weight is 200 g/mol. The molecule has 0 unspecified atom stereocenters. The van der Waals surface area contributed by atoms with Crippen LogP contribution in [0.4, 0.5) is 0 Å². The molecule has 0 saturated carbocycles. The number of aliphatic imine (C=N–C) groups is 1. The maximum Gasteiger partial charge on any atom is 0.0910 e. The summed E-state index contributed by atoms with van der Waals surface area (Å²) in [5, 5.41) is 0. The van der Waals surface area contributed by atoms with Gasteiger partial charge in [0, 0.05) is 12.7 Å². The Bertz CT molecular complexity index is 389. The highest BCUT2D eigenvalue weighted by Gasteiger charge is 2.03. The fourth-order valence-electron chi connectivity index (χ4n) is 1.29. The van der Waals surface area contributed by atoms with Crippen LogP contribution in [0.1, 0.15) is 18.2 Å². The first-order valence-corrected chi connectivity index (χ1v) is 5.05. The van der Waals surface area contributed by atoms with Gasteiger partial charge >= 0.3 is 0 Å². The first-order valence-electron chi connectivity index (χ1n) is 5.05. The van der Waals surface area contributed by atoms with Gasteiger partial charge in [-0.3, -0.25) is 9.98 Å². The quantitative estimate of drug-likeness (QED) is 0.542. The molecule has 2 heteroatoms. The van der Waals surface area contributed by atoms with Crippen molar-refractivity contribution in [3.8, 4) is 0 Å². The van der Waals surface area contributed by atoms with Crippen molar-refractivity contribution >= 4 is 5.71 Å². The van der Waals surface area contributed by atoms with Crippen molar-refractivity contribution in [2.45, 2.75) is 13.8 Å². The largest absolute Gasteiger partial charge is 0.283 e. The smallest absolute Gasteiger partial charge is 0.0910 e. The lowest BCUT2D eigenvalue weighted by molar-refractivity contribution is 1.12. The first-order chi connectivity index (χ1) is 7.29. The van der Waals surface area contributed by atoms with Crippen LogP contribution in [0.15, 0.2) is 48.1 Å². The predicted octanol–water partition coefficient (Wildman–Crippen LogP) is 2.94. The van der Waals surface area contributed by atoms with E-state index in [2.05, 4.69) is 16.6 Å². The summed E-state index contributed by atoms with van der Waals surface area (Å²) < 4.78 is 0. The number of pyridine rings is 1. The Balaban J connectivity index is 3.10. The summed E-state index contributed by atoms with van der Waals surface area (Å²) in [7, 11) is 0. The highest BCUT2D eigenvalue weighted by Crippen LogP contribution is 2.06. The summed E-state index contributed by atoms with van der Waals surface area (Å²) in [6, 6.07) is 3.97. The monoisotopic (exact) mass is 200 g/mol. The Morgan fingerprint density at radius 2 is 2.40 bits per heavy atom. The maximum atomic E-state index is 4.41. The lowest BCUT2D eigenvalue weighted by atomic mass is 10.1. The van der Waals surface area contributed by atoms with Crippen molar-refractivity contribution in [1.29, 1.82) is 0 Å².